The number of ketones is 1. The van der Waals surface area contributed by atoms with Crippen molar-refractivity contribution in [2.75, 3.05) is 19.8 Å². The highest BCUT2D eigenvalue weighted by Crippen LogP contribution is 2.33. The molecule has 4 heteroatoms. The molecule has 18 heavy (non-hydrogen) atoms. The Morgan fingerprint density at radius 3 is 2.56 bits per heavy atom. The van der Waals surface area contributed by atoms with Gasteiger partial charge in [-0.05, 0) is 12.5 Å². The smallest absolute Gasteiger partial charge is 0.150 e. The van der Waals surface area contributed by atoms with Crippen LogP contribution in [0.25, 0.3) is 5.70 Å². The third-order valence-corrected chi connectivity index (χ3v) is 4.41. The summed E-state index contributed by atoms with van der Waals surface area (Å²) < 4.78 is 0. The van der Waals surface area contributed by atoms with Crippen LogP contribution in [0.3, 0.4) is 0 Å². The second-order valence-corrected chi connectivity index (χ2v) is 5.54. The topological polar surface area (TPSA) is 23.6 Å². The zero-order valence-corrected chi connectivity index (χ0v) is 11.8. The molecule has 1 aliphatic heterocycles. The summed E-state index contributed by atoms with van der Waals surface area (Å²) >= 11 is 1.66. The van der Waals surface area contributed by atoms with Crippen molar-refractivity contribution in [3.05, 3.63) is 42.1 Å². The third-order valence-electron chi connectivity index (χ3n) is 2.89. The fourth-order valence-electron chi connectivity index (χ4n) is 2.05. The van der Waals surface area contributed by atoms with Gasteiger partial charge in [-0.15, -0.1) is 11.8 Å². The van der Waals surface area contributed by atoms with Crippen molar-refractivity contribution >= 4 is 23.2 Å². The predicted octanol–water partition coefficient (Wildman–Crippen LogP) is 2.47. The van der Waals surface area contributed by atoms with E-state index in [0.29, 0.717) is 5.75 Å². The van der Waals surface area contributed by atoms with Gasteiger partial charge in [0.25, 0.3) is 0 Å². The summed E-state index contributed by atoms with van der Waals surface area (Å²) in [5.74, 6) is 0.768. The minimum absolute atomic E-state index is 0.198. The summed E-state index contributed by atoms with van der Waals surface area (Å²) in [5, 5.41) is 0. The molecule has 0 spiro atoms. The monoisotopic (exact) mass is 262 g/mol. The van der Waals surface area contributed by atoms with E-state index in [-0.39, 0.29) is 11.3 Å². The largest absolute Gasteiger partial charge is 0.350 e. The SMILES string of the molecule is CC(=O)CSC1N(C)C=C(c2ccccc2)N1C. The van der Waals surface area contributed by atoms with E-state index in [1.54, 1.807) is 18.7 Å². The molecule has 1 atom stereocenters. The molecule has 96 valence electrons. The lowest BCUT2D eigenvalue weighted by Gasteiger charge is -2.28. The second kappa shape index (κ2) is 5.48. The van der Waals surface area contributed by atoms with Crippen LogP contribution in [0.2, 0.25) is 0 Å². The standard InChI is InChI=1S/C14H18N2OS/c1-11(17)10-18-14-15(2)9-13(16(14)3)12-7-5-4-6-8-12/h4-9,14H,10H2,1-3H3. The van der Waals surface area contributed by atoms with E-state index in [4.69, 9.17) is 0 Å². The van der Waals surface area contributed by atoms with Crippen LogP contribution in [0, 0.1) is 0 Å². The van der Waals surface area contributed by atoms with Crippen molar-refractivity contribution < 1.29 is 4.79 Å². The molecule has 0 radical (unpaired) electrons. The molecule has 1 unspecified atom stereocenters. The highest BCUT2D eigenvalue weighted by atomic mass is 32.2. The Labute approximate surface area is 112 Å². The van der Waals surface area contributed by atoms with Crippen molar-refractivity contribution in [1.29, 1.82) is 0 Å². The van der Waals surface area contributed by atoms with E-state index in [1.165, 1.54) is 11.3 Å². The maximum absolute atomic E-state index is 11.1. The molecule has 0 N–H and O–H groups in total. The van der Waals surface area contributed by atoms with Crippen molar-refractivity contribution in [3.8, 4) is 0 Å². The highest BCUT2D eigenvalue weighted by molar-refractivity contribution is 8.00. The van der Waals surface area contributed by atoms with Gasteiger partial charge >= 0.3 is 0 Å². The molecule has 3 nitrogen and oxygen atoms in total. The lowest BCUT2D eigenvalue weighted by Crippen LogP contribution is -2.32. The lowest BCUT2D eigenvalue weighted by molar-refractivity contribution is -0.114. The summed E-state index contributed by atoms with van der Waals surface area (Å²) in [6.07, 6.45) is 2.13. The number of nitrogens with zero attached hydrogens (tertiary/aromatic N) is 2. The van der Waals surface area contributed by atoms with E-state index in [0.717, 1.165) is 0 Å². The van der Waals surface area contributed by atoms with Gasteiger partial charge in [-0.2, -0.15) is 0 Å². The maximum Gasteiger partial charge on any atom is 0.150 e. The van der Waals surface area contributed by atoms with Gasteiger partial charge in [-0.25, -0.2) is 0 Å². The van der Waals surface area contributed by atoms with E-state index in [9.17, 15) is 4.79 Å². The van der Waals surface area contributed by atoms with E-state index in [2.05, 4.69) is 35.2 Å². The van der Waals surface area contributed by atoms with Crippen molar-refractivity contribution in [3.63, 3.8) is 0 Å². The first-order valence-electron chi connectivity index (χ1n) is 5.92. The molecule has 1 aliphatic rings. The summed E-state index contributed by atoms with van der Waals surface area (Å²) in [6.45, 7) is 1.63. The fraction of sp³-hybridized carbons (Fsp3) is 0.357. The first-order valence-corrected chi connectivity index (χ1v) is 6.97. The number of benzene rings is 1. The Morgan fingerprint density at radius 2 is 1.94 bits per heavy atom. The van der Waals surface area contributed by atoms with Gasteiger partial charge in [-0.1, -0.05) is 30.3 Å². The van der Waals surface area contributed by atoms with Gasteiger partial charge in [0.05, 0.1) is 11.4 Å². The number of hydrogen-bond donors (Lipinski definition) is 0. The normalized spacial score (nSPS) is 19.1. The van der Waals surface area contributed by atoms with Crippen LogP contribution >= 0.6 is 11.8 Å². The quantitative estimate of drug-likeness (QED) is 0.831. The van der Waals surface area contributed by atoms with Crippen LogP contribution < -0.4 is 0 Å². The van der Waals surface area contributed by atoms with Gasteiger partial charge in [0.15, 0.2) is 0 Å². The Hall–Kier alpha value is -1.42. The Kier molecular flexibility index (Phi) is 3.97. The van der Waals surface area contributed by atoms with Gasteiger partial charge < -0.3 is 9.80 Å². The van der Waals surface area contributed by atoms with Crippen LogP contribution in [0.15, 0.2) is 36.5 Å². The minimum Gasteiger partial charge on any atom is -0.350 e. The molecule has 1 aromatic rings. The highest BCUT2D eigenvalue weighted by Gasteiger charge is 2.28. The summed E-state index contributed by atoms with van der Waals surface area (Å²) in [6, 6.07) is 10.3. The molecule has 1 heterocycles. The molecule has 0 aliphatic carbocycles. The Morgan fingerprint density at radius 1 is 1.28 bits per heavy atom. The zero-order chi connectivity index (χ0) is 13.1. The molecular formula is C14H18N2OS. The summed E-state index contributed by atoms with van der Waals surface area (Å²) in [5.41, 5.74) is 2.60. The molecule has 0 aromatic heterocycles. The van der Waals surface area contributed by atoms with Crippen LogP contribution in [-0.2, 0) is 4.79 Å². The van der Waals surface area contributed by atoms with E-state index < -0.39 is 0 Å². The van der Waals surface area contributed by atoms with Gasteiger partial charge in [0.1, 0.15) is 11.3 Å². The van der Waals surface area contributed by atoms with Crippen molar-refractivity contribution in [2.45, 2.75) is 12.4 Å². The van der Waals surface area contributed by atoms with Crippen molar-refractivity contribution in [2.24, 2.45) is 0 Å². The molecular weight excluding hydrogens is 244 g/mol. The average molecular weight is 262 g/mol. The average Bonchev–Trinajstić information content (AvgIpc) is 2.63. The van der Waals surface area contributed by atoms with Crippen LogP contribution in [-0.4, -0.2) is 40.9 Å². The number of thioether (sulfide) groups is 1. The molecule has 0 amide bonds. The maximum atomic E-state index is 11.1. The summed E-state index contributed by atoms with van der Waals surface area (Å²) in [7, 11) is 4.12. The number of hydrogen-bond acceptors (Lipinski definition) is 4. The molecule has 1 aromatic carbocycles. The molecule has 0 saturated heterocycles. The Balaban J connectivity index is 2.12. The molecule has 2 rings (SSSR count). The third kappa shape index (κ3) is 2.70. The first kappa shape index (κ1) is 13.0. The number of Topliss-reactive ketones (excluding diaryl/α,β-unsaturated/α-hetero) is 1. The van der Waals surface area contributed by atoms with Crippen molar-refractivity contribution in [1.82, 2.24) is 9.80 Å². The minimum atomic E-state index is 0.198. The molecule has 0 bridgehead atoms. The number of carbonyl (C=O) groups is 1. The van der Waals surface area contributed by atoms with Crippen LogP contribution in [0.4, 0.5) is 0 Å². The lowest BCUT2D eigenvalue weighted by atomic mass is 10.1. The fourth-order valence-corrected chi connectivity index (χ4v) is 3.07. The first-order chi connectivity index (χ1) is 8.59. The second-order valence-electron chi connectivity index (χ2n) is 4.50. The van der Waals surface area contributed by atoms with Gasteiger partial charge in [0, 0.05) is 20.3 Å². The number of rotatable bonds is 4. The van der Waals surface area contributed by atoms with E-state index >= 15 is 0 Å². The van der Waals surface area contributed by atoms with Gasteiger partial charge in [0.2, 0.25) is 0 Å². The number of carbonyl (C=O) groups excluding carboxylic acids is 1. The molecule has 0 saturated carbocycles. The predicted molar refractivity (Wildman–Crippen MR) is 76.9 cm³/mol. The Bertz CT molecular complexity index is 458. The van der Waals surface area contributed by atoms with Crippen LogP contribution in [0.5, 0.6) is 0 Å². The zero-order valence-electron chi connectivity index (χ0n) is 11.0. The van der Waals surface area contributed by atoms with E-state index in [1.807, 2.05) is 25.2 Å². The van der Waals surface area contributed by atoms with Crippen LogP contribution in [0.1, 0.15) is 12.5 Å². The summed E-state index contributed by atoms with van der Waals surface area (Å²) in [4.78, 5) is 15.5. The van der Waals surface area contributed by atoms with Gasteiger partial charge in [-0.3, -0.25) is 4.79 Å². The molecule has 0 fully saturated rings.